The average Bonchev–Trinajstić information content (AvgIpc) is 3.43. The van der Waals surface area contributed by atoms with Crippen molar-refractivity contribution in [1.29, 1.82) is 0 Å². The molecular weight excluding hydrogens is 374 g/mol. The third-order valence-electron chi connectivity index (χ3n) is 3.78. The number of hydrogen-bond acceptors (Lipinski definition) is 7. The van der Waals surface area contributed by atoms with Crippen molar-refractivity contribution >= 4 is 35.2 Å². The zero-order valence-electron chi connectivity index (χ0n) is 15.0. The van der Waals surface area contributed by atoms with Gasteiger partial charge < -0.3 is 15.0 Å². The fourth-order valence-corrected chi connectivity index (χ4v) is 2.93. The molecule has 0 radical (unpaired) electrons. The lowest BCUT2D eigenvalue weighted by molar-refractivity contribution is -0.384. The molecule has 0 aromatic heterocycles. The van der Waals surface area contributed by atoms with Gasteiger partial charge in [-0.15, -0.1) is 11.8 Å². The Balaban J connectivity index is 1.73. The van der Waals surface area contributed by atoms with Crippen LogP contribution in [0.5, 0.6) is 0 Å². The summed E-state index contributed by atoms with van der Waals surface area (Å²) < 4.78 is 5.01. The molecule has 0 bridgehead atoms. The van der Waals surface area contributed by atoms with E-state index < -0.39 is 28.7 Å². The highest BCUT2D eigenvalue weighted by atomic mass is 32.2. The predicted molar refractivity (Wildman–Crippen MR) is 98.2 cm³/mol. The van der Waals surface area contributed by atoms with Crippen LogP contribution in [-0.4, -0.2) is 59.1 Å². The molecule has 0 spiro atoms. The number of carbonyl (C=O) groups is 3. The molecule has 2 rings (SSSR count). The van der Waals surface area contributed by atoms with Gasteiger partial charge in [0.2, 0.25) is 5.91 Å². The Kier molecular flexibility index (Phi) is 7.17. The Labute approximate surface area is 160 Å². The number of ether oxygens (including phenoxy) is 1. The molecule has 1 aromatic rings. The van der Waals surface area contributed by atoms with Gasteiger partial charge in [-0.3, -0.25) is 24.5 Å². The molecule has 1 fully saturated rings. The van der Waals surface area contributed by atoms with Crippen molar-refractivity contribution in [2.24, 2.45) is 0 Å². The van der Waals surface area contributed by atoms with Crippen LogP contribution >= 0.6 is 11.8 Å². The van der Waals surface area contributed by atoms with Crippen LogP contribution < -0.4 is 5.32 Å². The summed E-state index contributed by atoms with van der Waals surface area (Å²) in [6.07, 6.45) is 1.93. The molecule has 1 aromatic carbocycles. The molecule has 1 aliphatic rings. The molecule has 0 unspecified atom stereocenters. The highest BCUT2D eigenvalue weighted by Crippen LogP contribution is 2.26. The fraction of sp³-hybridized carbons (Fsp3) is 0.471. The quantitative estimate of drug-likeness (QED) is 0.290. The summed E-state index contributed by atoms with van der Waals surface area (Å²) in [6.45, 7) is 1.09. The molecule has 0 aliphatic heterocycles. The third-order valence-corrected chi connectivity index (χ3v) is 4.87. The Hall–Kier alpha value is -2.62. The number of carbonyl (C=O) groups excluding carboxylic acids is 3. The van der Waals surface area contributed by atoms with Gasteiger partial charge in [0.25, 0.3) is 11.6 Å². The van der Waals surface area contributed by atoms with E-state index in [1.165, 1.54) is 35.8 Å². The smallest absolute Gasteiger partial charge is 0.319 e. The molecule has 1 saturated carbocycles. The number of nitrogens with one attached hydrogen (secondary N) is 1. The Morgan fingerprint density at radius 1 is 1.33 bits per heavy atom. The number of nitro benzene ring substituents is 1. The SMILES string of the molecule is C[C@@H](Sc1ccc([N+](=O)[O-])cc1)C(=O)OCC(=O)N(C)CC(=O)NC1CC1. The number of amides is 2. The van der Waals surface area contributed by atoms with E-state index in [-0.39, 0.29) is 24.2 Å². The Morgan fingerprint density at radius 3 is 2.52 bits per heavy atom. The van der Waals surface area contributed by atoms with E-state index in [0.29, 0.717) is 4.90 Å². The zero-order valence-corrected chi connectivity index (χ0v) is 15.9. The number of benzene rings is 1. The molecule has 27 heavy (non-hydrogen) atoms. The molecular formula is C17H21N3O6S. The van der Waals surface area contributed by atoms with Crippen LogP contribution in [0.25, 0.3) is 0 Å². The van der Waals surface area contributed by atoms with Gasteiger partial charge in [-0.25, -0.2) is 0 Å². The maximum absolute atomic E-state index is 12.0. The second-order valence-electron chi connectivity index (χ2n) is 6.21. The van der Waals surface area contributed by atoms with Crippen molar-refractivity contribution in [3.63, 3.8) is 0 Å². The van der Waals surface area contributed by atoms with E-state index in [2.05, 4.69) is 5.32 Å². The van der Waals surface area contributed by atoms with Crippen molar-refractivity contribution in [1.82, 2.24) is 10.2 Å². The second kappa shape index (κ2) is 9.36. The van der Waals surface area contributed by atoms with Crippen LogP contribution in [0.3, 0.4) is 0 Å². The number of thioether (sulfide) groups is 1. The first-order chi connectivity index (χ1) is 12.8. The minimum atomic E-state index is -0.595. The van der Waals surface area contributed by atoms with Gasteiger partial charge >= 0.3 is 5.97 Å². The molecule has 1 N–H and O–H groups in total. The standard InChI is InChI=1S/C17H21N3O6S/c1-11(27-14-7-5-13(6-8-14)20(24)25)17(23)26-10-16(22)19(2)9-15(21)18-12-3-4-12/h5-8,11-12H,3-4,9-10H2,1-2H3,(H,18,21)/t11-/m1/s1. The number of nitrogens with zero attached hydrogens (tertiary/aromatic N) is 2. The first kappa shape index (κ1) is 20.7. The van der Waals surface area contributed by atoms with Crippen LogP contribution in [0.1, 0.15) is 19.8 Å². The monoisotopic (exact) mass is 395 g/mol. The zero-order chi connectivity index (χ0) is 20.0. The molecule has 1 aliphatic carbocycles. The highest BCUT2D eigenvalue weighted by Gasteiger charge is 2.25. The number of non-ortho nitro benzene ring substituents is 1. The summed E-state index contributed by atoms with van der Waals surface area (Å²) in [5, 5.41) is 12.8. The average molecular weight is 395 g/mol. The number of esters is 1. The maximum Gasteiger partial charge on any atom is 0.319 e. The molecule has 0 heterocycles. The van der Waals surface area contributed by atoms with E-state index in [4.69, 9.17) is 4.74 Å². The first-order valence-corrected chi connectivity index (χ1v) is 9.25. The van der Waals surface area contributed by atoms with Crippen LogP contribution in [0.15, 0.2) is 29.2 Å². The normalized spacial score (nSPS) is 14.1. The maximum atomic E-state index is 12.0. The second-order valence-corrected chi connectivity index (χ2v) is 7.62. The minimum absolute atomic E-state index is 0.0334. The van der Waals surface area contributed by atoms with E-state index in [9.17, 15) is 24.5 Å². The fourth-order valence-electron chi connectivity index (χ4n) is 2.06. The van der Waals surface area contributed by atoms with Gasteiger partial charge in [-0.05, 0) is 31.9 Å². The molecule has 0 saturated heterocycles. The summed E-state index contributed by atoms with van der Waals surface area (Å²) in [6, 6.07) is 6.02. The van der Waals surface area contributed by atoms with Crippen LogP contribution in [0.4, 0.5) is 5.69 Å². The lowest BCUT2D eigenvalue weighted by atomic mass is 10.3. The number of hydrogen-bond donors (Lipinski definition) is 1. The lowest BCUT2D eigenvalue weighted by Gasteiger charge is -2.17. The third kappa shape index (κ3) is 6.89. The van der Waals surface area contributed by atoms with Gasteiger partial charge in [0.15, 0.2) is 6.61 Å². The Bertz CT molecular complexity index is 720. The first-order valence-electron chi connectivity index (χ1n) is 8.37. The number of rotatable bonds is 9. The molecule has 9 nitrogen and oxygen atoms in total. The van der Waals surface area contributed by atoms with E-state index in [0.717, 1.165) is 12.8 Å². The van der Waals surface area contributed by atoms with Gasteiger partial charge in [-0.2, -0.15) is 0 Å². The van der Waals surface area contributed by atoms with E-state index in [1.807, 2.05) is 0 Å². The molecule has 2 amide bonds. The topological polar surface area (TPSA) is 119 Å². The number of likely N-dealkylation sites (N-methyl/N-ethyl adjacent to an activating group) is 1. The lowest BCUT2D eigenvalue weighted by Crippen LogP contribution is -2.41. The van der Waals surface area contributed by atoms with Crippen molar-refractivity contribution in [3.05, 3.63) is 34.4 Å². The van der Waals surface area contributed by atoms with Crippen molar-refractivity contribution in [2.75, 3.05) is 20.2 Å². The van der Waals surface area contributed by atoms with Crippen molar-refractivity contribution in [2.45, 2.75) is 36.0 Å². The Morgan fingerprint density at radius 2 is 1.96 bits per heavy atom. The van der Waals surface area contributed by atoms with Gasteiger partial charge in [-0.1, -0.05) is 0 Å². The number of nitro groups is 1. The predicted octanol–water partition coefficient (Wildman–Crippen LogP) is 1.36. The van der Waals surface area contributed by atoms with Crippen LogP contribution in [0.2, 0.25) is 0 Å². The van der Waals surface area contributed by atoms with Gasteiger partial charge in [0.1, 0.15) is 5.25 Å². The summed E-state index contributed by atoms with van der Waals surface area (Å²) in [7, 11) is 1.47. The summed E-state index contributed by atoms with van der Waals surface area (Å²) in [5.74, 6) is -1.29. The van der Waals surface area contributed by atoms with Crippen molar-refractivity contribution < 1.29 is 24.0 Å². The molecule has 10 heteroatoms. The summed E-state index contributed by atoms with van der Waals surface area (Å²) in [4.78, 5) is 47.7. The minimum Gasteiger partial charge on any atom is -0.455 e. The summed E-state index contributed by atoms with van der Waals surface area (Å²) >= 11 is 1.17. The van der Waals surface area contributed by atoms with Crippen molar-refractivity contribution in [3.8, 4) is 0 Å². The van der Waals surface area contributed by atoms with E-state index in [1.54, 1.807) is 19.1 Å². The molecule has 146 valence electrons. The van der Waals surface area contributed by atoms with Crippen LogP contribution in [0, 0.1) is 10.1 Å². The summed E-state index contributed by atoms with van der Waals surface area (Å²) in [5.41, 5.74) is -0.0334. The molecule has 1 atom stereocenters. The largest absolute Gasteiger partial charge is 0.455 e. The van der Waals surface area contributed by atoms with E-state index >= 15 is 0 Å². The van der Waals surface area contributed by atoms with Gasteiger partial charge in [0.05, 0.1) is 11.5 Å². The highest BCUT2D eigenvalue weighted by molar-refractivity contribution is 8.00. The van der Waals surface area contributed by atoms with Crippen LogP contribution in [-0.2, 0) is 19.1 Å². The van der Waals surface area contributed by atoms with Gasteiger partial charge in [0, 0.05) is 30.1 Å².